The summed E-state index contributed by atoms with van der Waals surface area (Å²) in [4.78, 5) is 4.57. The predicted octanol–water partition coefficient (Wildman–Crippen LogP) is 4.55. The van der Waals surface area contributed by atoms with Gasteiger partial charge in [0.15, 0.2) is 0 Å². The van der Waals surface area contributed by atoms with Gasteiger partial charge in [0.1, 0.15) is 0 Å². The quantitative estimate of drug-likeness (QED) is 0.372. The van der Waals surface area contributed by atoms with E-state index in [1.165, 1.54) is 35.4 Å². The summed E-state index contributed by atoms with van der Waals surface area (Å²) in [6, 6.07) is 14.4. The van der Waals surface area contributed by atoms with Gasteiger partial charge in [0, 0.05) is 26.3 Å². The van der Waals surface area contributed by atoms with Crippen molar-refractivity contribution in [3.8, 4) is 0 Å². The van der Waals surface area contributed by atoms with Gasteiger partial charge in [-0.25, -0.2) is 0 Å². The summed E-state index contributed by atoms with van der Waals surface area (Å²) >= 11 is 0. The number of hydrogen-bond donors (Lipinski definition) is 0. The van der Waals surface area contributed by atoms with Crippen molar-refractivity contribution in [2.24, 2.45) is 0 Å². The van der Waals surface area contributed by atoms with E-state index in [4.69, 9.17) is 0 Å². The molecule has 1 nitrogen and oxygen atoms in total. The molecular formula is C18H14IrN-. The largest absolute Gasteiger partial charge is 0.304 e. The van der Waals surface area contributed by atoms with Gasteiger partial charge in [-0.2, -0.15) is 0 Å². The Morgan fingerprint density at radius 2 is 2.00 bits per heavy atom. The van der Waals surface area contributed by atoms with Crippen LogP contribution < -0.4 is 0 Å². The maximum atomic E-state index is 4.57. The van der Waals surface area contributed by atoms with Crippen LogP contribution in [0.5, 0.6) is 0 Å². The molecule has 2 aliphatic carbocycles. The first-order valence-corrected chi connectivity index (χ1v) is 7.14. The molecule has 1 aromatic heterocycles. The van der Waals surface area contributed by atoms with E-state index < -0.39 is 0 Å². The van der Waals surface area contributed by atoms with Gasteiger partial charge >= 0.3 is 0 Å². The summed E-state index contributed by atoms with van der Waals surface area (Å²) in [5, 5.41) is 3.83. The van der Waals surface area contributed by atoms with E-state index in [0.717, 1.165) is 17.4 Å². The topological polar surface area (TPSA) is 12.9 Å². The Kier molecular flexibility index (Phi) is 2.73. The summed E-state index contributed by atoms with van der Waals surface area (Å²) in [6.07, 6.45) is 6.00. The molecule has 5 rings (SSSR count). The Labute approximate surface area is 131 Å². The molecule has 3 aromatic rings. The fourth-order valence-electron chi connectivity index (χ4n) is 4.22. The zero-order chi connectivity index (χ0) is 12.4. The number of rotatable bonds is 0. The van der Waals surface area contributed by atoms with E-state index in [9.17, 15) is 0 Å². The van der Waals surface area contributed by atoms with Gasteiger partial charge in [-0.05, 0) is 41.6 Å². The smallest absolute Gasteiger partial charge is 0.0161 e. The standard InChI is InChI=1S/C18H14N.Ir/c1-2-11-5-6-15-16(18(11)19-9-1)8-7-14-12-3-4-13(10-12)17(14)15;/h1-2,5-7,9,12-13H,3-4,10H2;/q-1;. The van der Waals surface area contributed by atoms with Crippen LogP contribution in [0, 0.1) is 6.07 Å². The molecule has 0 aliphatic heterocycles. The zero-order valence-electron chi connectivity index (χ0n) is 11.0. The van der Waals surface area contributed by atoms with Crippen molar-refractivity contribution in [2.75, 3.05) is 0 Å². The average Bonchev–Trinajstić information content (AvgIpc) is 3.08. The predicted molar refractivity (Wildman–Crippen MR) is 77.4 cm³/mol. The zero-order valence-corrected chi connectivity index (χ0v) is 13.4. The Morgan fingerprint density at radius 3 is 2.95 bits per heavy atom. The normalized spacial score (nSPS) is 23.0. The molecular weight excluding hydrogens is 422 g/mol. The van der Waals surface area contributed by atoms with Gasteiger partial charge < -0.3 is 4.98 Å². The van der Waals surface area contributed by atoms with Gasteiger partial charge in [-0.15, -0.1) is 34.0 Å². The third-order valence-corrected chi connectivity index (χ3v) is 5.03. The second-order valence-corrected chi connectivity index (χ2v) is 5.93. The molecule has 1 saturated carbocycles. The third kappa shape index (κ3) is 1.50. The van der Waals surface area contributed by atoms with Crippen molar-refractivity contribution in [1.82, 2.24) is 4.98 Å². The maximum Gasteiger partial charge on any atom is 0.0161 e. The minimum absolute atomic E-state index is 0. The molecule has 20 heavy (non-hydrogen) atoms. The second kappa shape index (κ2) is 4.38. The third-order valence-electron chi connectivity index (χ3n) is 5.03. The summed E-state index contributed by atoms with van der Waals surface area (Å²) < 4.78 is 0. The van der Waals surface area contributed by atoms with Crippen LogP contribution in [-0.4, -0.2) is 4.98 Å². The maximum absolute atomic E-state index is 4.57. The molecule has 2 aromatic carbocycles. The number of pyridine rings is 1. The van der Waals surface area contributed by atoms with E-state index in [2.05, 4.69) is 35.3 Å². The summed E-state index contributed by atoms with van der Waals surface area (Å²) in [5.41, 5.74) is 4.28. The molecule has 1 heterocycles. The molecule has 2 aliphatic rings. The van der Waals surface area contributed by atoms with Gasteiger partial charge in [0.25, 0.3) is 0 Å². The fourth-order valence-corrected chi connectivity index (χ4v) is 4.22. The second-order valence-electron chi connectivity index (χ2n) is 5.93. The first-order chi connectivity index (χ1) is 9.42. The number of fused-ring (bicyclic) bond motifs is 9. The Hall–Kier alpha value is -1.24. The van der Waals surface area contributed by atoms with Crippen molar-refractivity contribution in [3.05, 3.63) is 53.7 Å². The first kappa shape index (κ1) is 12.5. The molecule has 1 fully saturated rings. The van der Waals surface area contributed by atoms with Gasteiger partial charge in [-0.1, -0.05) is 24.6 Å². The molecule has 0 spiro atoms. The molecule has 0 N–H and O–H groups in total. The number of nitrogens with zero attached hydrogens (tertiary/aromatic N) is 1. The molecule has 2 unspecified atom stereocenters. The Bertz CT molecular complexity index is 824. The fraction of sp³-hybridized carbons (Fsp3) is 0.278. The van der Waals surface area contributed by atoms with Crippen LogP contribution >= 0.6 is 0 Å². The van der Waals surface area contributed by atoms with E-state index in [1.54, 1.807) is 11.1 Å². The van der Waals surface area contributed by atoms with Crippen LogP contribution in [0.3, 0.4) is 0 Å². The van der Waals surface area contributed by atoms with E-state index in [0.29, 0.717) is 0 Å². The van der Waals surface area contributed by atoms with Crippen molar-refractivity contribution in [1.29, 1.82) is 0 Å². The molecule has 2 atom stereocenters. The van der Waals surface area contributed by atoms with E-state index in [1.807, 2.05) is 12.3 Å². The molecule has 101 valence electrons. The van der Waals surface area contributed by atoms with Crippen molar-refractivity contribution >= 4 is 21.7 Å². The van der Waals surface area contributed by atoms with Crippen LogP contribution in [0.2, 0.25) is 0 Å². The van der Waals surface area contributed by atoms with Crippen LogP contribution in [0.4, 0.5) is 0 Å². The Morgan fingerprint density at radius 1 is 1.10 bits per heavy atom. The minimum Gasteiger partial charge on any atom is -0.304 e. The average molecular weight is 437 g/mol. The van der Waals surface area contributed by atoms with E-state index in [-0.39, 0.29) is 20.1 Å². The molecule has 0 saturated heterocycles. The number of hydrogen-bond acceptors (Lipinski definition) is 1. The first-order valence-electron chi connectivity index (χ1n) is 7.14. The molecule has 2 bridgehead atoms. The molecule has 0 amide bonds. The molecule has 2 heteroatoms. The molecule has 1 radical (unpaired) electrons. The van der Waals surface area contributed by atoms with Gasteiger partial charge in [0.2, 0.25) is 0 Å². The van der Waals surface area contributed by atoms with Crippen LogP contribution in [-0.2, 0) is 20.1 Å². The summed E-state index contributed by atoms with van der Waals surface area (Å²) in [7, 11) is 0. The minimum atomic E-state index is 0. The van der Waals surface area contributed by atoms with Crippen LogP contribution in [0.25, 0.3) is 21.7 Å². The van der Waals surface area contributed by atoms with E-state index >= 15 is 0 Å². The number of benzene rings is 2. The monoisotopic (exact) mass is 437 g/mol. The van der Waals surface area contributed by atoms with Crippen LogP contribution in [0.15, 0.2) is 36.5 Å². The van der Waals surface area contributed by atoms with Crippen molar-refractivity contribution < 1.29 is 20.1 Å². The summed E-state index contributed by atoms with van der Waals surface area (Å²) in [5.74, 6) is 1.60. The number of aromatic nitrogens is 1. The Balaban J connectivity index is 0.00000106. The van der Waals surface area contributed by atoms with Crippen molar-refractivity contribution in [2.45, 2.75) is 31.1 Å². The van der Waals surface area contributed by atoms with Gasteiger partial charge in [0.05, 0.1) is 0 Å². The SMILES string of the molecule is [Ir].[c-]1cc2c(c3ccc4cccnc4c13)C1CCC2C1. The van der Waals surface area contributed by atoms with Crippen LogP contribution in [0.1, 0.15) is 42.2 Å². The van der Waals surface area contributed by atoms with Gasteiger partial charge in [-0.3, -0.25) is 0 Å². The van der Waals surface area contributed by atoms with Crippen molar-refractivity contribution in [3.63, 3.8) is 0 Å². The summed E-state index contributed by atoms with van der Waals surface area (Å²) in [6.45, 7) is 0.